The highest BCUT2D eigenvalue weighted by Gasteiger charge is 2.24. The number of hydrogen-bond donors (Lipinski definition) is 1. The number of likely N-dealkylation sites (tertiary alicyclic amines) is 1. The van der Waals surface area contributed by atoms with Crippen LogP contribution in [0.4, 0.5) is 4.79 Å². The molecular formula is C20H24N4O4. The van der Waals surface area contributed by atoms with Crippen LogP contribution in [0.2, 0.25) is 0 Å². The number of hydrogen-bond acceptors (Lipinski definition) is 6. The van der Waals surface area contributed by atoms with Crippen molar-refractivity contribution in [2.45, 2.75) is 32.5 Å². The van der Waals surface area contributed by atoms with Gasteiger partial charge in [-0.15, -0.1) is 0 Å². The largest absolute Gasteiger partial charge is 0.474 e. The quantitative estimate of drug-likeness (QED) is 0.820. The Labute approximate surface area is 163 Å². The van der Waals surface area contributed by atoms with Crippen LogP contribution in [-0.4, -0.2) is 52.6 Å². The Morgan fingerprint density at radius 2 is 1.93 bits per heavy atom. The number of benzene rings is 1. The summed E-state index contributed by atoms with van der Waals surface area (Å²) < 4.78 is 11.0. The maximum absolute atomic E-state index is 12.3. The molecule has 2 heterocycles. The van der Waals surface area contributed by atoms with E-state index in [1.165, 1.54) is 0 Å². The molecule has 0 atom stereocenters. The number of amides is 2. The van der Waals surface area contributed by atoms with E-state index in [1.54, 1.807) is 17.2 Å². The van der Waals surface area contributed by atoms with Crippen molar-refractivity contribution in [2.75, 3.05) is 19.6 Å². The van der Waals surface area contributed by atoms with Crippen LogP contribution in [0.5, 0.6) is 5.88 Å². The average Bonchev–Trinajstić information content (AvgIpc) is 2.72. The van der Waals surface area contributed by atoms with Crippen LogP contribution in [0.3, 0.4) is 0 Å². The lowest BCUT2D eigenvalue weighted by atomic mass is 10.1. The summed E-state index contributed by atoms with van der Waals surface area (Å²) in [5, 5.41) is 2.51. The van der Waals surface area contributed by atoms with Gasteiger partial charge in [-0.2, -0.15) is 4.98 Å². The molecule has 0 aliphatic carbocycles. The average molecular weight is 384 g/mol. The van der Waals surface area contributed by atoms with E-state index >= 15 is 0 Å². The summed E-state index contributed by atoms with van der Waals surface area (Å²) in [6, 6.07) is 11.1. The van der Waals surface area contributed by atoms with E-state index in [9.17, 15) is 9.59 Å². The van der Waals surface area contributed by atoms with Crippen LogP contribution in [0, 0.1) is 6.92 Å². The molecule has 1 aromatic heterocycles. The second kappa shape index (κ2) is 9.68. The van der Waals surface area contributed by atoms with Crippen LogP contribution < -0.4 is 10.1 Å². The number of aryl methyl sites for hydroxylation is 1. The number of piperidine rings is 1. The zero-order valence-electron chi connectivity index (χ0n) is 15.8. The molecule has 0 saturated carbocycles. The highest BCUT2D eigenvalue weighted by Crippen LogP contribution is 2.17. The second-order valence-corrected chi connectivity index (χ2v) is 6.56. The first-order valence-electron chi connectivity index (χ1n) is 9.29. The summed E-state index contributed by atoms with van der Waals surface area (Å²) in [4.78, 5) is 34.0. The van der Waals surface area contributed by atoms with Gasteiger partial charge < -0.3 is 19.7 Å². The molecule has 2 aromatic rings. The van der Waals surface area contributed by atoms with Crippen molar-refractivity contribution in [3.05, 3.63) is 54.0 Å². The Hall–Kier alpha value is -3.16. The molecule has 0 unspecified atom stereocenters. The van der Waals surface area contributed by atoms with Gasteiger partial charge in [-0.3, -0.25) is 4.79 Å². The second-order valence-electron chi connectivity index (χ2n) is 6.56. The number of aromatic nitrogens is 2. The van der Waals surface area contributed by atoms with Gasteiger partial charge in [-0.05, 0) is 12.5 Å². The van der Waals surface area contributed by atoms with Gasteiger partial charge in [0, 0.05) is 38.2 Å². The Bertz CT molecular complexity index is 792. The van der Waals surface area contributed by atoms with Gasteiger partial charge in [0.1, 0.15) is 25.1 Å². The number of alkyl carbamates (subject to hydrolysis) is 1. The molecular weight excluding hydrogens is 360 g/mol. The lowest BCUT2D eigenvalue weighted by Gasteiger charge is -2.32. The van der Waals surface area contributed by atoms with Crippen LogP contribution >= 0.6 is 0 Å². The van der Waals surface area contributed by atoms with E-state index in [1.807, 2.05) is 37.3 Å². The molecule has 8 nitrogen and oxygen atoms in total. The molecule has 1 saturated heterocycles. The van der Waals surface area contributed by atoms with Crippen molar-refractivity contribution >= 4 is 12.0 Å². The van der Waals surface area contributed by atoms with Crippen molar-refractivity contribution in [3.8, 4) is 5.88 Å². The molecule has 2 amide bonds. The van der Waals surface area contributed by atoms with Crippen LogP contribution in [0.15, 0.2) is 42.6 Å². The fourth-order valence-electron chi connectivity index (χ4n) is 2.93. The van der Waals surface area contributed by atoms with E-state index < -0.39 is 6.09 Å². The lowest BCUT2D eigenvalue weighted by Crippen LogP contribution is -2.46. The fourth-order valence-corrected chi connectivity index (χ4v) is 2.93. The SMILES string of the molecule is Cc1nccc(OC2CCN(C(=O)CNC(=O)OCc3ccccc3)CC2)n1. The van der Waals surface area contributed by atoms with Crippen molar-refractivity contribution < 1.29 is 19.1 Å². The first kappa shape index (κ1) is 19.6. The van der Waals surface area contributed by atoms with E-state index in [0.717, 1.165) is 5.56 Å². The van der Waals surface area contributed by atoms with Crippen molar-refractivity contribution in [1.29, 1.82) is 0 Å². The third kappa shape index (κ3) is 5.94. The maximum Gasteiger partial charge on any atom is 0.407 e. The van der Waals surface area contributed by atoms with Crippen LogP contribution in [-0.2, 0) is 16.1 Å². The molecule has 8 heteroatoms. The van der Waals surface area contributed by atoms with E-state index in [0.29, 0.717) is 37.6 Å². The first-order chi connectivity index (χ1) is 13.6. The summed E-state index contributed by atoms with van der Waals surface area (Å²) >= 11 is 0. The molecule has 0 spiro atoms. The molecule has 1 aliphatic heterocycles. The molecule has 1 aliphatic rings. The monoisotopic (exact) mass is 384 g/mol. The molecule has 1 N–H and O–H groups in total. The highest BCUT2D eigenvalue weighted by atomic mass is 16.5. The van der Waals surface area contributed by atoms with Crippen LogP contribution in [0.1, 0.15) is 24.2 Å². The van der Waals surface area contributed by atoms with Crippen LogP contribution in [0.25, 0.3) is 0 Å². The standard InChI is InChI=1S/C20H24N4O4/c1-15-21-10-7-18(23-15)28-17-8-11-24(12-9-17)19(25)13-22-20(26)27-14-16-5-3-2-4-6-16/h2-7,10,17H,8-9,11-14H2,1H3,(H,22,26). The van der Waals surface area contributed by atoms with Crippen molar-refractivity contribution in [2.24, 2.45) is 0 Å². The van der Waals surface area contributed by atoms with Gasteiger partial charge in [0.25, 0.3) is 0 Å². The zero-order chi connectivity index (χ0) is 19.8. The third-order valence-electron chi connectivity index (χ3n) is 4.43. The number of nitrogens with zero attached hydrogens (tertiary/aromatic N) is 3. The minimum atomic E-state index is -0.602. The predicted octanol–water partition coefficient (Wildman–Crippen LogP) is 2.08. The summed E-state index contributed by atoms with van der Waals surface area (Å²) in [6.07, 6.45) is 2.51. The van der Waals surface area contributed by atoms with Crippen molar-refractivity contribution in [1.82, 2.24) is 20.2 Å². The third-order valence-corrected chi connectivity index (χ3v) is 4.43. The molecule has 3 rings (SSSR count). The number of nitrogens with one attached hydrogen (secondary N) is 1. The molecule has 148 valence electrons. The molecule has 1 fully saturated rings. The molecule has 0 radical (unpaired) electrons. The van der Waals surface area contributed by atoms with E-state index in [4.69, 9.17) is 9.47 Å². The highest BCUT2D eigenvalue weighted by molar-refractivity contribution is 5.82. The normalized spacial score (nSPS) is 14.4. The Balaban J connectivity index is 1.35. The van der Waals surface area contributed by atoms with E-state index in [2.05, 4.69) is 15.3 Å². The number of carbonyl (C=O) groups excluding carboxylic acids is 2. The maximum atomic E-state index is 12.3. The Morgan fingerprint density at radius 3 is 2.64 bits per heavy atom. The van der Waals surface area contributed by atoms with Gasteiger partial charge in [0.2, 0.25) is 11.8 Å². The van der Waals surface area contributed by atoms with Crippen molar-refractivity contribution in [3.63, 3.8) is 0 Å². The number of carbonyl (C=O) groups is 2. The smallest absolute Gasteiger partial charge is 0.407 e. The minimum Gasteiger partial charge on any atom is -0.474 e. The van der Waals surface area contributed by atoms with Gasteiger partial charge in [-0.1, -0.05) is 30.3 Å². The molecule has 0 bridgehead atoms. The molecule has 1 aromatic carbocycles. The van der Waals surface area contributed by atoms with Gasteiger partial charge in [-0.25, -0.2) is 9.78 Å². The predicted molar refractivity (Wildman–Crippen MR) is 102 cm³/mol. The summed E-state index contributed by atoms with van der Waals surface area (Å²) in [6.45, 7) is 3.06. The fraction of sp³-hybridized carbons (Fsp3) is 0.400. The Morgan fingerprint density at radius 1 is 1.18 bits per heavy atom. The van der Waals surface area contributed by atoms with Gasteiger partial charge >= 0.3 is 6.09 Å². The van der Waals surface area contributed by atoms with E-state index in [-0.39, 0.29) is 25.2 Å². The summed E-state index contributed by atoms with van der Waals surface area (Å²) in [7, 11) is 0. The Kier molecular flexibility index (Phi) is 6.78. The number of ether oxygens (including phenoxy) is 2. The minimum absolute atomic E-state index is 0.0159. The van der Waals surface area contributed by atoms with Gasteiger partial charge in [0.05, 0.1) is 0 Å². The number of rotatable bonds is 6. The molecule has 28 heavy (non-hydrogen) atoms. The lowest BCUT2D eigenvalue weighted by molar-refractivity contribution is -0.131. The first-order valence-corrected chi connectivity index (χ1v) is 9.29. The van der Waals surface area contributed by atoms with Gasteiger partial charge in [0.15, 0.2) is 0 Å². The topological polar surface area (TPSA) is 93.7 Å². The summed E-state index contributed by atoms with van der Waals surface area (Å²) in [5.41, 5.74) is 0.893. The summed E-state index contributed by atoms with van der Waals surface area (Å²) in [5.74, 6) is 1.09. The zero-order valence-corrected chi connectivity index (χ0v) is 15.8.